The minimum absolute atomic E-state index is 0.0498. The van der Waals surface area contributed by atoms with E-state index < -0.39 is 11.5 Å². The highest BCUT2D eigenvalue weighted by Gasteiger charge is 2.30. The van der Waals surface area contributed by atoms with Gasteiger partial charge in [0.2, 0.25) is 5.91 Å². The number of hydrogen-bond donors (Lipinski definition) is 3. The summed E-state index contributed by atoms with van der Waals surface area (Å²) in [5.74, 6) is -1.24. The second-order valence-corrected chi connectivity index (χ2v) is 5.71. The van der Waals surface area contributed by atoms with Gasteiger partial charge in [-0.3, -0.25) is 14.9 Å². The molecule has 0 aromatic heterocycles. The average molecular weight is 343 g/mol. The number of aryl methyl sites for hydroxylation is 1. The van der Waals surface area contributed by atoms with Crippen LogP contribution in [0.5, 0.6) is 0 Å². The van der Waals surface area contributed by atoms with Crippen LogP contribution in [-0.4, -0.2) is 29.1 Å². The molecule has 3 N–H and O–H groups in total. The van der Waals surface area contributed by atoms with E-state index in [0.29, 0.717) is 12.1 Å². The average Bonchev–Trinajstić information content (AvgIpc) is 2.40. The maximum atomic E-state index is 11.8. The van der Waals surface area contributed by atoms with Crippen molar-refractivity contribution in [2.75, 3.05) is 11.9 Å². The number of benzene rings is 1. The van der Waals surface area contributed by atoms with Gasteiger partial charge in [0, 0.05) is 10.2 Å². The van der Waals surface area contributed by atoms with Gasteiger partial charge >= 0.3 is 5.97 Å². The first-order chi connectivity index (χ1) is 9.28. The zero-order chi connectivity index (χ0) is 15.3. The molecule has 0 spiro atoms. The van der Waals surface area contributed by atoms with Crippen LogP contribution in [0, 0.1) is 6.92 Å². The predicted molar refractivity (Wildman–Crippen MR) is 81.8 cm³/mol. The van der Waals surface area contributed by atoms with Crippen LogP contribution in [0.1, 0.15) is 25.8 Å². The summed E-state index contributed by atoms with van der Waals surface area (Å²) < 4.78 is 0.970. The van der Waals surface area contributed by atoms with Crippen molar-refractivity contribution in [2.45, 2.75) is 32.7 Å². The Morgan fingerprint density at radius 2 is 2.05 bits per heavy atom. The predicted octanol–water partition coefficient (Wildman–Crippen LogP) is 2.54. The van der Waals surface area contributed by atoms with Crippen LogP contribution in [0.3, 0.4) is 0 Å². The number of amides is 1. The number of nitrogens with one attached hydrogen (secondary N) is 2. The summed E-state index contributed by atoms with van der Waals surface area (Å²) in [6.45, 7) is 5.20. The first kappa shape index (κ1) is 16.7. The molecule has 1 rings (SSSR count). The van der Waals surface area contributed by atoms with Gasteiger partial charge in [-0.05, 0) is 44.0 Å². The summed E-state index contributed by atoms with van der Waals surface area (Å²) in [5.41, 5.74) is 0.609. The number of carboxylic acid groups (broad SMARTS) is 1. The number of halogens is 1. The highest BCUT2D eigenvalue weighted by Crippen LogP contribution is 2.19. The molecule has 0 radical (unpaired) electrons. The molecule has 0 bridgehead atoms. The minimum Gasteiger partial charge on any atom is -0.480 e. The highest BCUT2D eigenvalue weighted by atomic mass is 79.9. The maximum absolute atomic E-state index is 11.8. The quantitative estimate of drug-likeness (QED) is 0.742. The Morgan fingerprint density at radius 3 is 2.55 bits per heavy atom. The van der Waals surface area contributed by atoms with E-state index in [-0.39, 0.29) is 12.5 Å². The summed E-state index contributed by atoms with van der Waals surface area (Å²) in [7, 11) is 0. The van der Waals surface area contributed by atoms with Crippen LogP contribution in [0.2, 0.25) is 0 Å². The zero-order valence-corrected chi connectivity index (χ0v) is 13.4. The molecule has 1 aromatic carbocycles. The SMILES string of the molecule is CCC(C)(NCC(=O)Nc1ccc(Br)c(C)c1)C(=O)O. The van der Waals surface area contributed by atoms with Gasteiger partial charge in [-0.1, -0.05) is 22.9 Å². The first-order valence-electron chi connectivity index (χ1n) is 6.33. The molecule has 20 heavy (non-hydrogen) atoms. The Bertz CT molecular complexity index is 519. The summed E-state index contributed by atoms with van der Waals surface area (Å²) in [6, 6.07) is 5.48. The van der Waals surface area contributed by atoms with Crippen molar-refractivity contribution >= 4 is 33.5 Å². The lowest BCUT2D eigenvalue weighted by Gasteiger charge is -2.24. The number of aliphatic carboxylic acids is 1. The summed E-state index contributed by atoms with van der Waals surface area (Å²) >= 11 is 3.39. The molecule has 110 valence electrons. The first-order valence-corrected chi connectivity index (χ1v) is 7.12. The molecule has 1 aromatic rings. The van der Waals surface area contributed by atoms with Gasteiger partial charge in [0.15, 0.2) is 0 Å². The fraction of sp³-hybridized carbons (Fsp3) is 0.429. The molecule has 5 nitrogen and oxygen atoms in total. The molecule has 0 aliphatic carbocycles. The van der Waals surface area contributed by atoms with E-state index in [0.717, 1.165) is 10.0 Å². The standard InChI is InChI=1S/C14H19BrN2O3/c1-4-14(3,13(19)20)16-8-12(18)17-10-5-6-11(15)9(2)7-10/h5-7,16H,4,8H2,1-3H3,(H,17,18)(H,19,20). The molecular weight excluding hydrogens is 324 g/mol. The van der Waals surface area contributed by atoms with E-state index >= 15 is 0 Å². The number of carbonyl (C=O) groups is 2. The fourth-order valence-corrected chi connectivity index (χ4v) is 1.80. The maximum Gasteiger partial charge on any atom is 0.323 e. The van der Waals surface area contributed by atoms with Crippen LogP contribution in [0.15, 0.2) is 22.7 Å². The molecule has 0 aliphatic rings. The van der Waals surface area contributed by atoms with Gasteiger partial charge < -0.3 is 10.4 Å². The van der Waals surface area contributed by atoms with Crippen molar-refractivity contribution < 1.29 is 14.7 Å². The molecule has 1 atom stereocenters. The molecule has 1 amide bonds. The Kier molecular flexibility index (Phi) is 5.71. The Morgan fingerprint density at radius 1 is 1.40 bits per heavy atom. The van der Waals surface area contributed by atoms with Crippen LogP contribution in [0.25, 0.3) is 0 Å². The van der Waals surface area contributed by atoms with Gasteiger partial charge in [0.05, 0.1) is 6.54 Å². The second-order valence-electron chi connectivity index (χ2n) is 4.86. The third kappa shape index (κ3) is 4.31. The summed E-state index contributed by atoms with van der Waals surface area (Å²) in [6.07, 6.45) is 0.396. The molecule has 0 fully saturated rings. The van der Waals surface area contributed by atoms with Crippen molar-refractivity contribution in [2.24, 2.45) is 0 Å². The van der Waals surface area contributed by atoms with Crippen LogP contribution < -0.4 is 10.6 Å². The molecular formula is C14H19BrN2O3. The van der Waals surface area contributed by atoms with Gasteiger partial charge in [-0.15, -0.1) is 0 Å². The lowest BCUT2D eigenvalue weighted by molar-refractivity contribution is -0.144. The van der Waals surface area contributed by atoms with E-state index in [4.69, 9.17) is 5.11 Å². The number of anilines is 1. The topological polar surface area (TPSA) is 78.4 Å². The van der Waals surface area contributed by atoms with Crippen LogP contribution >= 0.6 is 15.9 Å². The molecule has 0 saturated heterocycles. The Balaban J connectivity index is 2.60. The molecule has 0 aliphatic heterocycles. The highest BCUT2D eigenvalue weighted by molar-refractivity contribution is 9.10. The van der Waals surface area contributed by atoms with Crippen LogP contribution in [-0.2, 0) is 9.59 Å². The van der Waals surface area contributed by atoms with Gasteiger partial charge in [-0.2, -0.15) is 0 Å². The van der Waals surface area contributed by atoms with Crippen molar-refractivity contribution in [3.8, 4) is 0 Å². The number of hydrogen-bond acceptors (Lipinski definition) is 3. The molecule has 6 heteroatoms. The van der Waals surface area contributed by atoms with Gasteiger partial charge in [0.1, 0.15) is 5.54 Å². The fourth-order valence-electron chi connectivity index (χ4n) is 1.55. The molecule has 1 unspecified atom stereocenters. The third-order valence-corrected chi connectivity index (χ3v) is 4.15. The monoisotopic (exact) mass is 342 g/mol. The third-order valence-electron chi connectivity index (χ3n) is 3.26. The zero-order valence-electron chi connectivity index (χ0n) is 11.8. The minimum atomic E-state index is -1.09. The number of carboxylic acids is 1. The molecule has 0 heterocycles. The van der Waals surface area contributed by atoms with Gasteiger partial charge in [-0.25, -0.2) is 0 Å². The largest absolute Gasteiger partial charge is 0.480 e. The smallest absolute Gasteiger partial charge is 0.323 e. The van der Waals surface area contributed by atoms with Gasteiger partial charge in [0.25, 0.3) is 0 Å². The normalized spacial score (nSPS) is 13.6. The number of rotatable bonds is 6. The van der Waals surface area contributed by atoms with E-state index in [9.17, 15) is 9.59 Å². The van der Waals surface area contributed by atoms with Crippen molar-refractivity contribution in [3.63, 3.8) is 0 Å². The van der Waals surface area contributed by atoms with Crippen molar-refractivity contribution in [1.29, 1.82) is 0 Å². The second kappa shape index (κ2) is 6.85. The summed E-state index contributed by atoms with van der Waals surface area (Å²) in [5, 5.41) is 14.6. The van der Waals surface area contributed by atoms with E-state index in [1.165, 1.54) is 0 Å². The van der Waals surface area contributed by atoms with E-state index in [1.54, 1.807) is 19.9 Å². The van der Waals surface area contributed by atoms with Crippen LogP contribution in [0.4, 0.5) is 5.69 Å². The molecule has 0 saturated carbocycles. The lowest BCUT2D eigenvalue weighted by atomic mass is 9.99. The Hall–Kier alpha value is -1.40. The van der Waals surface area contributed by atoms with E-state index in [1.807, 2.05) is 19.1 Å². The van der Waals surface area contributed by atoms with Crippen molar-refractivity contribution in [3.05, 3.63) is 28.2 Å². The van der Waals surface area contributed by atoms with Crippen molar-refractivity contribution in [1.82, 2.24) is 5.32 Å². The Labute approximate surface area is 126 Å². The van der Waals surface area contributed by atoms with E-state index in [2.05, 4.69) is 26.6 Å². The number of carbonyl (C=O) groups excluding carboxylic acids is 1. The summed E-state index contributed by atoms with van der Waals surface area (Å²) in [4.78, 5) is 22.9. The lowest BCUT2D eigenvalue weighted by Crippen LogP contribution is -2.51.